The zero-order chi connectivity index (χ0) is 17.9. The first-order valence-electron chi connectivity index (χ1n) is 10.5. The summed E-state index contributed by atoms with van der Waals surface area (Å²) in [5, 5.41) is 19.3. The summed E-state index contributed by atoms with van der Waals surface area (Å²) in [6.07, 6.45) is 16.2. The minimum atomic E-state index is 0.00953. The van der Waals surface area contributed by atoms with Gasteiger partial charge in [-0.3, -0.25) is 4.90 Å². The molecular formula is C22H37NO2. The van der Waals surface area contributed by atoms with Crippen molar-refractivity contribution >= 4 is 0 Å². The SMILES string of the molecule is CCCCCCCCCCCCCN1CCc2cc(O)c(O)cc2C1. The Morgan fingerprint density at radius 3 is 1.88 bits per heavy atom. The molecule has 1 aromatic rings. The molecule has 0 spiro atoms. The van der Waals surface area contributed by atoms with Crippen LogP contribution in [-0.2, 0) is 13.0 Å². The lowest BCUT2D eigenvalue weighted by atomic mass is 9.98. The lowest BCUT2D eigenvalue weighted by molar-refractivity contribution is 0.247. The highest BCUT2D eigenvalue weighted by molar-refractivity contribution is 5.46. The summed E-state index contributed by atoms with van der Waals surface area (Å²) < 4.78 is 0. The van der Waals surface area contributed by atoms with Crippen LogP contribution in [0.2, 0.25) is 0 Å². The Kier molecular flexibility index (Phi) is 9.17. The van der Waals surface area contributed by atoms with E-state index in [-0.39, 0.29) is 11.5 Å². The van der Waals surface area contributed by atoms with E-state index in [1.807, 2.05) is 0 Å². The van der Waals surface area contributed by atoms with Crippen LogP contribution in [0.4, 0.5) is 0 Å². The topological polar surface area (TPSA) is 43.7 Å². The zero-order valence-electron chi connectivity index (χ0n) is 16.1. The molecule has 3 heteroatoms. The van der Waals surface area contributed by atoms with Gasteiger partial charge >= 0.3 is 0 Å². The van der Waals surface area contributed by atoms with E-state index in [0.717, 1.165) is 26.1 Å². The molecule has 2 N–H and O–H groups in total. The van der Waals surface area contributed by atoms with Gasteiger partial charge in [0.25, 0.3) is 0 Å². The van der Waals surface area contributed by atoms with Gasteiger partial charge in [-0.15, -0.1) is 0 Å². The van der Waals surface area contributed by atoms with Gasteiger partial charge in [-0.2, -0.15) is 0 Å². The van der Waals surface area contributed by atoms with E-state index in [2.05, 4.69) is 11.8 Å². The standard InChI is InChI=1S/C22H37NO2/c1-2-3-4-5-6-7-8-9-10-11-12-14-23-15-13-19-16-21(24)22(25)17-20(19)18-23/h16-17,24-25H,2-15,18H2,1H3. The second-order valence-corrected chi connectivity index (χ2v) is 7.67. The van der Waals surface area contributed by atoms with Gasteiger partial charge in [-0.25, -0.2) is 0 Å². The number of fused-ring (bicyclic) bond motifs is 1. The molecule has 0 bridgehead atoms. The van der Waals surface area contributed by atoms with Crippen LogP contribution in [0.3, 0.4) is 0 Å². The first-order valence-corrected chi connectivity index (χ1v) is 10.5. The Morgan fingerprint density at radius 1 is 0.760 bits per heavy atom. The molecule has 0 saturated heterocycles. The molecule has 0 unspecified atom stereocenters. The van der Waals surface area contributed by atoms with E-state index in [9.17, 15) is 10.2 Å². The Balaban J connectivity index is 1.50. The molecule has 1 aliphatic heterocycles. The van der Waals surface area contributed by atoms with Gasteiger partial charge in [0.2, 0.25) is 0 Å². The van der Waals surface area contributed by atoms with Crippen LogP contribution in [0.1, 0.15) is 88.7 Å². The predicted molar refractivity (Wildman–Crippen MR) is 105 cm³/mol. The summed E-state index contributed by atoms with van der Waals surface area (Å²) in [6.45, 7) is 5.39. The highest BCUT2D eigenvalue weighted by atomic mass is 16.3. The van der Waals surface area contributed by atoms with Crippen LogP contribution in [0.25, 0.3) is 0 Å². The Hall–Kier alpha value is -1.22. The number of nitrogens with zero attached hydrogens (tertiary/aromatic N) is 1. The van der Waals surface area contributed by atoms with Crippen LogP contribution in [-0.4, -0.2) is 28.2 Å². The van der Waals surface area contributed by atoms with Gasteiger partial charge in [-0.05, 0) is 42.6 Å². The molecule has 0 radical (unpaired) electrons. The summed E-state index contributed by atoms with van der Waals surface area (Å²) in [7, 11) is 0. The third-order valence-corrected chi connectivity index (χ3v) is 5.47. The summed E-state index contributed by atoms with van der Waals surface area (Å²) >= 11 is 0. The molecule has 0 aliphatic carbocycles. The minimum absolute atomic E-state index is 0.00953. The Morgan fingerprint density at radius 2 is 1.28 bits per heavy atom. The van der Waals surface area contributed by atoms with Crippen LogP contribution in [0.5, 0.6) is 11.5 Å². The van der Waals surface area contributed by atoms with Crippen molar-refractivity contribution in [3.63, 3.8) is 0 Å². The number of hydrogen-bond acceptors (Lipinski definition) is 3. The monoisotopic (exact) mass is 347 g/mol. The number of hydrogen-bond donors (Lipinski definition) is 2. The van der Waals surface area contributed by atoms with Crippen LogP contribution >= 0.6 is 0 Å². The molecule has 25 heavy (non-hydrogen) atoms. The van der Waals surface area contributed by atoms with Gasteiger partial charge in [0.15, 0.2) is 11.5 Å². The van der Waals surface area contributed by atoms with Crippen LogP contribution in [0, 0.1) is 0 Å². The normalized spacial score (nSPS) is 14.6. The zero-order valence-corrected chi connectivity index (χ0v) is 16.1. The van der Waals surface area contributed by atoms with E-state index in [0.29, 0.717) is 0 Å². The summed E-state index contributed by atoms with van der Waals surface area (Å²) in [5.41, 5.74) is 2.36. The first-order chi connectivity index (χ1) is 12.2. The number of phenols is 2. The molecule has 0 fully saturated rings. The molecule has 3 nitrogen and oxygen atoms in total. The first kappa shape index (κ1) is 20.1. The van der Waals surface area contributed by atoms with Crippen molar-refractivity contribution in [2.24, 2.45) is 0 Å². The molecule has 1 aromatic carbocycles. The highest BCUT2D eigenvalue weighted by Crippen LogP contribution is 2.31. The van der Waals surface area contributed by atoms with Crippen molar-refractivity contribution in [1.29, 1.82) is 0 Å². The van der Waals surface area contributed by atoms with Crippen molar-refractivity contribution in [2.45, 2.75) is 90.5 Å². The van der Waals surface area contributed by atoms with Gasteiger partial charge < -0.3 is 10.2 Å². The van der Waals surface area contributed by atoms with Gasteiger partial charge in [0, 0.05) is 13.1 Å². The van der Waals surface area contributed by atoms with Crippen molar-refractivity contribution in [3.05, 3.63) is 23.3 Å². The summed E-state index contributed by atoms with van der Waals surface area (Å²) in [6, 6.07) is 3.46. The molecular weight excluding hydrogens is 310 g/mol. The predicted octanol–water partition coefficient (Wildman–Crippen LogP) is 5.77. The fourth-order valence-electron chi connectivity index (χ4n) is 3.83. The van der Waals surface area contributed by atoms with Crippen molar-refractivity contribution in [3.8, 4) is 11.5 Å². The third-order valence-electron chi connectivity index (χ3n) is 5.47. The molecule has 1 heterocycles. The minimum Gasteiger partial charge on any atom is -0.504 e. The number of phenolic OH excluding ortho intramolecular Hbond substituents is 2. The maximum absolute atomic E-state index is 9.67. The largest absolute Gasteiger partial charge is 0.504 e. The Labute approximate surface area is 154 Å². The number of rotatable bonds is 12. The van der Waals surface area contributed by atoms with E-state index >= 15 is 0 Å². The number of aromatic hydroxyl groups is 2. The lowest BCUT2D eigenvalue weighted by Crippen LogP contribution is -2.31. The second kappa shape index (κ2) is 11.4. The fraction of sp³-hybridized carbons (Fsp3) is 0.727. The maximum Gasteiger partial charge on any atom is 0.157 e. The highest BCUT2D eigenvalue weighted by Gasteiger charge is 2.17. The molecule has 0 atom stereocenters. The molecule has 142 valence electrons. The van der Waals surface area contributed by atoms with E-state index in [1.54, 1.807) is 12.1 Å². The molecule has 2 rings (SSSR count). The smallest absolute Gasteiger partial charge is 0.157 e. The second-order valence-electron chi connectivity index (χ2n) is 7.67. The molecule has 0 aromatic heterocycles. The molecule has 0 amide bonds. The van der Waals surface area contributed by atoms with Crippen LogP contribution in [0.15, 0.2) is 12.1 Å². The number of unbranched alkanes of at least 4 members (excludes halogenated alkanes) is 10. The van der Waals surface area contributed by atoms with E-state index in [4.69, 9.17) is 0 Å². The van der Waals surface area contributed by atoms with E-state index in [1.165, 1.54) is 81.8 Å². The average molecular weight is 348 g/mol. The van der Waals surface area contributed by atoms with Gasteiger partial charge in [0.1, 0.15) is 0 Å². The van der Waals surface area contributed by atoms with Crippen molar-refractivity contribution < 1.29 is 10.2 Å². The fourth-order valence-corrected chi connectivity index (χ4v) is 3.83. The quantitative estimate of drug-likeness (QED) is 0.373. The third kappa shape index (κ3) is 7.27. The Bertz CT molecular complexity index is 501. The van der Waals surface area contributed by atoms with Gasteiger partial charge in [0.05, 0.1) is 0 Å². The van der Waals surface area contributed by atoms with E-state index < -0.39 is 0 Å². The van der Waals surface area contributed by atoms with Crippen molar-refractivity contribution in [2.75, 3.05) is 13.1 Å². The van der Waals surface area contributed by atoms with Gasteiger partial charge in [-0.1, -0.05) is 71.1 Å². The molecule has 1 aliphatic rings. The van der Waals surface area contributed by atoms with Crippen molar-refractivity contribution in [1.82, 2.24) is 4.90 Å². The number of benzene rings is 1. The maximum atomic E-state index is 9.67. The molecule has 0 saturated carbocycles. The van der Waals surface area contributed by atoms with Crippen LogP contribution < -0.4 is 0 Å². The summed E-state index contributed by atoms with van der Waals surface area (Å²) in [5.74, 6) is 0.0212. The summed E-state index contributed by atoms with van der Waals surface area (Å²) in [4.78, 5) is 2.48. The average Bonchev–Trinajstić information content (AvgIpc) is 2.61. The lowest BCUT2D eigenvalue weighted by Gasteiger charge is -2.29.